The highest BCUT2D eigenvalue weighted by Crippen LogP contribution is 2.21. The van der Waals surface area contributed by atoms with Gasteiger partial charge in [-0.15, -0.1) is 0 Å². The fourth-order valence-electron chi connectivity index (χ4n) is 0.820. The molecule has 0 heterocycles. The molecule has 0 aliphatic heterocycles. The molecule has 0 spiro atoms. The van der Waals surface area contributed by atoms with E-state index >= 15 is 0 Å². The van der Waals surface area contributed by atoms with Crippen molar-refractivity contribution in [2.75, 3.05) is 0 Å². The van der Waals surface area contributed by atoms with Gasteiger partial charge in [0.1, 0.15) is 0 Å². The number of allylic oxidation sites excluding steroid dienone is 2. The Bertz CT molecular complexity index is 357. The first kappa shape index (κ1) is 10.5. The Kier molecular flexibility index (Phi) is 3.94. The zero-order valence-corrected chi connectivity index (χ0v) is 8.24. The largest absolute Gasteiger partial charge is 0.269 e. The summed E-state index contributed by atoms with van der Waals surface area (Å²) < 4.78 is 0. The summed E-state index contributed by atoms with van der Waals surface area (Å²) in [7, 11) is 0. The molecule has 0 bridgehead atoms. The molecule has 14 heavy (non-hydrogen) atoms. The predicted octanol–water partition coefficient (Wildman–Crippen LogP) is 3.39. The van der Waals surface area contributed by atoms with Crippen LogP contribution in [0.2, 0.25) is 0 Å². The molecule has 0 aromatic heterocycles. The highest BCUT2D eigenvalue weighted by atomic mass is 32.2. The van der Waals surface area contributed by atoms with Crippen LogP contribution in [0.1, 0.15) is 0 Å². The molecule has 4 heteroatoms. The maximum absolute atomic E-state index is 10.3. The summed E-state index contributed by atoms with van der Waals surface area (Å²) in [4.78, 5) is 10.9. The number of benzene rings is 1. The molecule has 1 rings (SSSR count). The van der Waals surface area contributed by atoms with E-state index in [2.05, 4.69) is 6.58 Å². The van der Waals surface area contributed by atoms with E-state index in [0.717, 1.165) is 4.90 Å². The lowest BCUT2D eigenvalue weighted by molar-refractivity contribution is -0.384. The minimum absolute atomic E-state index is 0.113. The SMILES string of the molecule is C=C/C=C/Sc1ccc([N+](=O)[O-])cc1. The van der Waals surface area contributed by atoms with Crippen molar-refractivity contribution in [2.24, 2.45) is 0 Å². The number of nitrogens with zero attached hydrogens (tertiary/aromatic N) is 1. The van der Waals surface area contributed by atoms with Crippen LogP contribution in [0.5, 0.6) is 0 Å². The Morgan fingerprint density at radius 1 is 1.36 bits per heavy atom. The predicted molar refractivity (Wildman–Crippen MR) is 58.3 cm³/mol. The van der Waals surface area contributed by atoms with Crippen LogP contribution in [0.25, 0.3) is 0 Å². The van der Waals surface area contributed by atoms with E-state index in [1.807, 2.05) is 11.5 Å². The van der Waals surface area contributed by atoms with Gasteiger partial charge >= 0.3 is 0 Å². The molecule has 1 aromatic carbocycles. The fourth-order valence-corrected chi connectivity index (χ4v) is 1.46. The molecule has 3 nitrogen and oxygen atoms in total. The third-order valence-corrected chi connectivity index (χ3v) is 2.30. The molecular weight excluding hydrogens is 198 g/mol. The first-order valence-electron chi connectivity index (χ1n) is 3.92. The summed E-state index contributed by atoms with van der Waals surface area (Å²) in [5.74, 6) is 0. The summed E-state index contributed by atoms with van der Waals surface area (Å²) in [6, 6.07) is 6.42. The van der Waals surface area contributed by atoms with Crippen molar-refractivity contribution in [3.05, 3.63) is 58.5 Å². The van der Waals surface area contributed by atoms with Crippen molar-refractivity contribution in [3.63, 3.8) is 0 Å². The van der Waals surface area contributed by atoms with Crippen molar-refractivity contribution >= 4 is 17.4 Å². The fraction of sp³-hybridized carbons (Fsp3) is 0. The molecule has 0 N–H and O–H groups in total. The summed E-state index contributed by atoms with van der Waals surface area (Å²) in [5.41, 5.74) is 0.113. The molecule has 0 unspecified atom stereocenters. The minimum atomic E-state index is -0.409. The second kappa shape index (κ2) is 5.24. The van der Waals surface area contributed by atoms with Gasteiger partial charge in [0, 0.05) is 17.0 Å². The normalized spacial score (nSPS) is 10.3. The molecule has 0 saturated carbocycles. The van der Waals surface area contributed by atoms with E-state index in [-0.39, 0.29) is 5.69 Å². The van der Waals surface area contributed by atoms with Gasteiger partial charge in [-0.3, -0.25) is 10.1 Å². The van der Waals surface area contributed by atoms with Gasteiger partial charge in [-0.25, -0.2) is 0 Å². The standard InChI is InChI=1S/C10H9NO2S/c1-2-3-8-14-10-6-4-9(5-7-10)11(12)13/h2-8H,1H2/b8-3+. The van der Waals surface area contributed by atoms with Gasteiger partial charge in [0.05, 0.1) is 4.92 Å². The smallest absolute Gasteiger partial charge is 0.258 e. The summed E-state index contributed by atoms with van der Waals surface area (Å²) >= 11 is 1.49. The Morgan fingerprint density at radius 3 is 2.50 bits per heavy atom. The quantitative estimate of drug-likeness (QED) is 0.329. The van der Waals surface area contributed by atoms with Gasteiger partial charge in [-0.2, -0.15) is 0 Å². The average molecular weight is 207 g/mol. The molecule has 0 aliphatic rings. The Hall–Kier alpha value is -1.55. The van der Waals surface area contributed by atoms with Crippen LogP contribution in [0.3, 0.4) is 0 Å². The lowest BCUT2D eigenvalue weighted by atomic mass is 10.3. The van der Waals surface area contributed by atoms with Crippen LogP contribution in [0, 0.1) is 10.1 Å². The number of thioether (sulfide) groups is 1. The van der Waals surface area contributed by atoms with E-state index in [0.29, 0.717) is 0 Å². The highest BCUT2D eigenvalue weighted by molar-refractivity contribution is 8.02. The molecule has 0 atom stereocenters. The first-order valence-corrected chi connectivity index (χ1v) is 4.80. The third-order valence-electron chi connectivity index (χ3n) is 1.47. The zero-order valence-electron chi connectivity index (χ0n) is 7.42. The average Bonchev–Trinajstić information content (AvgIpc) is 2.19. The summed E-state index contributed by atoms with van der Waals surface area (Å²) in [6.45, 7) is 3.54. The third kappa shape index (κ3) is 3.06. The van der Waals surface area contributed by atoms with Gasteiger partial charge < -0.3 is 0 Å². The van der Waals surface area contributed by atoms with Gasteiger partial charge in [0.25, 0.3) is 5.69 Å². The summed E-state index contributed by atoms with van der Waals surface area (Å²) in [6.07, 6.45) is 3.49. The number of hydrogen-bond acceptors (Lipinski definition) is 3. The lowest BCUT2D eigenvalue weighted by Gasteiger charge is -1.94. The van der Waals surface area contributed by atoms with E-state index in [9.17, 15) is 10.1 Å². The Labute approximate surface area is 86.3 Å². The van der Waals surface area contributed by atoms with Crippen LogP contribution in [0.15, 0.2) is 53.3 Å². The molecule has 1 aromatic rings. The van der Waals surface area contributed by atoms with Crippen LogP contribution >= 0.6 is 11.8 Å². The van der Waals surface area contributed by atoms with Crippen molar-refractivity contribution in [1.82, 2.24) is 0 Å². The zero-order chi connectivity index (χ0) is 10.4. The van der Waals surface area contributed by atoms with Gasteiger partial charge in [-0.05, 0) is 17.5 Å². The second-order valence-electron chi connectivity index (χ2n) is 2.43. The van der Waals surface area contributed by atoms with Crippen LogP contribution < -0.4 is 0 Å². The van der Waals surface area contributed by atoms with Gasteiger partial charge in [-0.1, -0.05) is 30.5 Å². The molecule has 0 radical (unpaired) electrons. The van der Waals surface area contributed by atoms with Crippen molar-refractivity contribution < 1.29 is 4.92 Å². The molecule has 0 saturated heterocycles. The van der Waals surface area contributed by atoms with E-state index < -0.39 is 4.92 Å². The van der Waals surface area contributed by atoms with Crippen molar-refractivity contribution in [2.45, 2.75) is 4.90 Å². The topological polar surface area (TPSA) is 43.1 Å². The second-order valence-corrected chi connectivity index (χ2v) is 3.41. The van der Waals surface area contributed by atoms with Crippen LogP contribution in [0.4, 0.5) is 5.69 Å². The van der Waals surface area contributed by atoms with Crippen LogP contribution in [-0.2, 0) is 0 Å². The Balaban J connectivity index is 2.68. The number of nitro groups is 1. The van der Waals surface area contributed by atoms with Gasteiger partial charge in [0.2, 0.25) is 0 Å². The molecule has 0 fully saturated rings. The highest BCUT2D eigenvalue weighted by Gasteiger charge is 2.02. The number of non-ortho nitro benzene ring substituents is 1. The van der Waals surface area contributed by atoms with E-state index in [4.69, 9.17) is 0 Å². The monoisotopic (exact) mass is 207 g/mol. The van der Waals surface area contributed by atoms with Crippen molar-refractivity contribution in [1.29, 1.82) is 0 Å². The number of rotatable bonds is 4. The molecular formula is C10H9NO2S. The maximum Gasteiger partial charge on any atom is 0.269 e. The number of nitro benzene ring substituents is 1. The van der Waals surface area contributed by atoms with Crippen LogP contribution in [-0.4, -0.2) is 4.92 Å². The van der Waals surface area contributed by atoms with Crippen molar-refractivity contribution in [3.8, 4) is 0 Å². The Morgan fingerprint density at radius 2 is 2.00 bits per heavy atom. The minimum Gasteiger partial charge on any atom is -0.258 e. The first-order chi connectivity index (χ1) is 6.74. The molecule has 0 amide bonds. The molecule has 0 aliphatic carbocycles. The van der Waals surface area contributed by atoms with E-state index in [1.165, 1.54) is 23.9 Å². The number of hydrogen-bond donors (Lipinski definition) is 0. The lowest BCUT2D eigenvalue weighted by Crippen LogP contribution is -1.85. The van der Waals surface area contributed by atoms with Gasteiger partial charge in [0.15, 0.2) is 0 Å². The van der Waals surface area contributed by atoms with E-state index in [1.54, 1.807) is 18.2 Å². The molecule has 72 valence electrons. The maximum atomic E-state index is 10.3. The summed E-state index contributed by atoms with van der Waals surface area (Å²) in [5, 5.41) is 12.2.